The van der Waals surface area contributed by atoms with Gasteiger partial charge in [0.05, 0.1) is 27.9 Å². The van der Waals surface area contributed by atoms with Gasteiger partial charge in [-0.3, -0.25) is 4.98 Å². The molecule has 0 saturated heterocycles. The molecule has 1 N–H and O–H groups in total. The van der Waals surface area contributed by atoms with Crippen molar-refractivity contribution in [3.05, 3.63) is 39.5 Å². The van der Waals surface area contributed by atoms with Gasteiger partial charge in [0.1, 0.15) is 0 Å². The van der Waals surface area contributed by atoms with Crippen molar-refractivity contribution >= 4 is 34.1 Å². The van der Waals surface area contributed by atoms with Gasteiger partial charge in [0.15, 0.2) is 0 Å². The number of nitrogens with zero attached hydrogens (tertiary/aromatic N) is 1. The first-order valence-corrected chi connectivity index (χ1v) is 5.23. The van der Waals surface area contributed by atoms with Crippen LogP contribution in [0.1, 0.15) is 11.3 Å². The van der Waals surface area contributed by atoms with E-state index in [-0.39, 0.29) is 6.61 Å². The Labute approximate surface area is 97.5 Å². The molecule has 0 amide bonds. The van der Waals surface area contributed by atoms with Gasteiger partial charge in [0, 0.05) is 5.39 Å². The minimum Gasteiger partial charge on any atom is -0.390 e. The molecule has 2 aromatic rings. The molecule has 15 heavy (non-hydrogen) atoms. The van der Waals surface area contributed by atoms with E-state index in [1.165, 1.54) is 0 Å². The van der Waals surface area contributed by atoms with Crippen LogP contribution >= 0.6 is 23.2 Å². The lowest BCUT2D eigenvalue weighted by Crippen LogP contribution is -1.92. The van der Waals surface area contributed by atoms with Gasteiger partial charge in [-0.05, 0) is 30.7 Å². The van der Waals surface area contributed by atoms with E-state index in [2.05, 4.69) is 4.98 Å². The summed E-state index contributed by atoms with van der Waals surface area (Å²) in [6.45, 7) is 1.88. The summed E-state index contributed by atoms with van der Waals surface area (Å²) in [5, 5.41) is 11.0. The second kappa shape index (κ2) is 3.97. The quantitative estimate of drug-likeness (QED) is 0.831. The largest absolute Gasteiger partial charge is 0.390 e. The Kier molecular flexibility index (Phi) is 2.83. The van der Waals surface area contributed by atoms with Gasteiger partial charge >= 0.3 is 0 Å². The Morgan fingerprint density at radius 3 is 2.53 bits per heavy atom. The topological polar surface area (TPSA) is 33.1 Å². The van der Waals surface area contributed by atoms with E-state index in [9.17, 15) is 0 Å². The number of pyridine rings is 1. The van der Waals surface area contributed by atoms with Crippen LogP contribution in [-0.4, -0.2) is 10.1 Å². The molecule has 0 saturated carbocycles. The first-order valence-electron chi connectivity index (χ1n) is 4.48. The lowest BCUT2D eigenvalue weighted by Gasteiger charge is -2.06. The van der Waals surface area contributed by atoms with Crippen molar-refractivity contribution in [2.24, 2.45) is 0 Å². The number of halogens is 2. The fourth-order valence-corrected chi connectivity index (χ4v) is 1.86. The third-order valence-electron chi connectivity index (χ3n) is 2.27. The molecule has 0 spiro atoms. The predicted octanol–water partition coefficient (Wildman–Crippen LogP) is 3.34. The number of aromatic nitrogens is 1. The number of aryl methyl sites for hydroxylation is 1. The van der Waals surface area contributed by atoms with Crippen LogP contribution in [0.2, 0.25) is 10.0 Å². The number of rotatable bonds is 1. The molecule has 0 radical (unpaired) electrons. The number of benzene rings is 1. The van der Waals surface area contributed by atoms with E-state index in [0.29, 0.717) is 15.7 Å². The van der Waals surface area contributed by atoms with Gasteiger partial charge in [-0.15, -0.1) is 0 Å². The van der Waals surface area contributed by atoms with E-state index in [1.807, 2.05) is 13.0 Å². The molecule has 0 unspecified atom stereocenters. The predicted molar refractivity (Wildman–Crippen MR) is 62.4 cm³/mol. The van der Waals surface area contributed by atoms with E-state index < -0.39 is 0 Å². The molecule has 2 nitrogen and oxygen atoms in total. The van der Waals surface area contributed by atoms with Crippen molar-refractivity contribution in [1.29, 1.82) is 0 Å². The Balaban J connectivity index is 2.80. The molecule has 0 bridgehead atoms. The molecule has 78 valence electrons. The summed E-state index contributed by atoms with van der Waals surface area (Å²) < 4.78 is 0. The van der Waals surface area contributed by atoms with Gasteiger partial charge in [-0.25, -0.2) is 0 Å². The van der Waals surface area contributed by atoms with Crippen LogP contribution in [0.15, 0.2) is 18.2 Å². The highest BCUT2D eigenvalue weighted by Gasteiger charge is 2.06. The maximum Gasteiger partial charge on any atom is 0.0853 e. The SMILES string of the molecule is Cc1cc(CO)nc2cc(Cl)c(Cl)cc12. The van der Waals surface area contributed by atoms with Gasteiger partial charge in [-0.1, -0.05) is 23.2 Å². The maximum absolute atomic E-state index is 9.02. The average molecular weight is 242 g/mol. The molecule has 0 atom stereocenters. The molecular formula is C11H9Cl2NO. The first-order chi connectivity index (χ1) is 7.11. The van der Waals surface area contributed by atoms with Crippen LogP contribution in [0.25, 0.3) is 10.9 Å². The summed E-state index contributed by atoms with van der Waals surface area (Å²) in [5.41, 5.74) is 2.43. The minimum absolute atomic E-state index is 0.0724. The molecule has 2 rings (SSSR count). The van der Waals surface area contributed by atoms with Crippen molar-refractivity contribution in [2.45, 2.75) is 13.5 Å². The van der Waals surface area contributed by atoms with Crippen LogP contribution in [0, 0.1) is 6.92 Å². The summed E-state index contributed by atoms with van der Waals surface area (Å²) in [6.07, 6.45) is 0. The third-order valence-corrected chi connectivity index (χ3v) is 2.99. The number of aliphatic hydroxyl groups is 1. The zero-order chi connectivity index (χ0) is 11.0. The van der Waals surface area contributed by atoms with Crippen molar-refractivity contribution in [1.82, 2.24) is 4.98 Å². The number of hydrogen-bond acceptors (Lipinski definition) is 2. The monoisotopic (exact) mass is 241 g/mol. The Bertz CT molecular complexity index is 525. The molecule has 0 fully saturated rings. The van der Waals surface area contributed by atoms with Gasteiger partial charge in [0.2, 0.25) is 0 Å². The Morgan fingerprint density at radius 1 is 1.20 bits per heavy atom. The molecule has 4 heteroatoms. The van der Waals surface area contributed by atoms with E-state index in [0.717, 1.165) is 16.5 Å². The van der Waals surface area contributed by atoms with Gasteiger partial charge < -0.3 is 5.11 Å². The summed E-state index contributed by atoms with van der Waals surface area (Å²) in [4.78, 5) is 4.26. The highest BCUT2D eigenvalue weighted by molar-refractivity contribution is 6.42. The van der Waals surface area contributed by atoms with Crippen LogP contribution in [-0.2, 0) is 6.61 Å². The first kappa shape index (κ1) is 10.7. The summed E-state index contributed by atoms with van der Waals surface area (Å²) >= 11 is 11.8. The van der Waals surface area contributed by atoms with Crippen molar-refractivity contribution in [2.75, 3.05) is 0 Å². The highest BCUT2D eigenvalue weighted by Crippen LogP contribution is 2.28. The number of fused-ring (bicyclic) bond motifs is 1. The molecule has 1 heterocycles. The van der Waals surface area contributed by atoms with E-state index in [1.54, 1.807) is 12.1 Å². The number of hydrogen-bond donors (Lipinski definition) is 1. The lowest BCUT2D eigenvalue weighted by molar-refractivity contribution is 0.277. The number of aliphatic hydroxyl groups excluding tert-OH is 1. The normalized spacial score (nSPS) is 10.9. The molecule has 1 aromatic carbocycles. The molecule has 1 aromatic heterocycles. The zero-order valence-electron chi connectivity index (χ0n) is 8.09. The highest BCUT2D eigenvalue weighted by atomic mass is 35.5. The fraction of sp³-hybridized carbons (Fsp3) is 0.182. The molecule has 0 aliphatic carbocycles. The van der Waals surface area contributed by atoms with Crippen molar-refractivity contribution < 1.29 is 5.11 Å². The maximum atomic E-state index is 9.02. The smallest absolute Gasteiger partial charge is 0.0853 e. The van der Waals surface area contributed by atoms with Gasteiger partial charge in [-0.2, -0.15) is 0 Å². The fourth-order valence-electron chi connectivity index (χ4n) is 1.54. The zero-order valence-corrected chi connectivity index (χ0v) is 9.60. The Hall–Kier alpha value is -0.830. The molecule has 0 aliphatic heterocycles. The summed E-state index contributed by atoms with van der Waals surface area (Å²) in [7, 11) is 0. The molecular weight excluding hydrogens is 233 g/mol. The van der Waals surface area contributed by atoms with Crippen LogP contribution in [0.3, 0.4) is 0 Å². The Morgan fingerprint density at radius 2 is 1.87 bits per heavy atom. The van der Waals surface area contributed by atoms with Crippen molar-refractivity contribution in [3.8, 4) is 0 Å². The van der Waals surface area contributed by atoms with E-state index >= 15 is 0 Å². The second-order valence-electron chi connectivity index (χ2n) is 3.37. The second-order valence-corrected chi connectivity index (χ2v) is 4.19. The van der Waals surface area contributed by atoms with E-state index in [4.69, 9.17) is 28.3 Å². The lowest BCUT2D eigenvalue weighted by atomic mass is 10.1. The summed E-state index contributed by atoms with van der Waals surface area (Å²) in [6, 6.07) is 5.35. The minimum atomic E-state index is -0.0724. The van der Waals surface area contributed by atoms with Gasteiger partial charge in [0.25, 0.3) is 0 Å². The average Bonchev–Trinajstić information content (AvgIpc) is 2.21. The molecule has 0 aliphatic rings. The van der Waals surface area contributed by atoms with Crippen LogP contribution in [0.5, 0.6) is 0 Å². The van der Waals surface area contributed by atoms with Crippen LogP contribution in [0.4, 0.5) is 0 Å². The standard InChI is InChI=1S/C11H9Cl2NO/c1-6-2-7(5-15)14-11-4-10(13)9(12)3-8(6)11/h2-4,15H,5H2,1H3. The van der Waals surface area contributed by atoms with Crippen LogP contribution < -0.4 is 0 Å². The summed E-state index contributed by atoms with van der Waals surface area (Å²) in [5.74, 6) is 0. The third kappa shape index (κ3) is 1.93. The van der Waals surface area contributed by atoms with Crippen molar-refractivity contribution in [3.63, 3.8) is 0 Å².